The molecule has 1 aromatic rings. The molecule has 3 heteroatoms. The first-order valence-electron chi connectivity index (χ1n) is 6.44. The average molecular weight is 232 g/mol. The Morgan fingerprint density at radius 1 is 0.941 bits per heavy atom. The van der Waals surface area contributed by atoms with Gasteiger partial charge in [0.1, 0.15) is 0 Å². The Labute approximate surface area is 100 Å². The molecule has 3 aliphatic rings. The Kier molecular flexibility index (Phi) is 1.70. The molecule has 2 aliphatic carbocycles. The second-order valence-electron chi connectivity index (χ2n) is 5.52. The summed E-state index contributed by atoms with van der Waals surface area (Å²) in [6.07, 6.45) is 6.01. The average Bonchev–Trinajstić information content (AvgIpc) is 2.79. The van der Waals surface area contributed by atoms with Gasteiger partial charge in [0.05, 0.1) is 5.60 Å². The van der Waals surface area contributed by atoms with Crippen molar-refractivity contribution < 1.29 is 14.6 Å². The van der Waals surface area contributed by atoms with Crippen LogP contribution in [0.3, 0.4) is 0 Å². The zero-order valence-corrected chi connectivity index (χ0v) is 9.74. The van der Waals surface area contributed by atoms with Gasteiger partial charge >= 0.3 is 0 Å². The summed E-state index contributed by atoms with van der Waals surface area (Å²) in [5.74, 6) is 1.25. The van der Waals surface area contributed by atoms with Crippen LogP contribution in [0, 0.1) is 0 Å². The molecule has 0 saturated heterocycles. The van der Waals surface area contributed by atoms with Crippen molar-refractivity contribution in [2.75, 3.05) is 0 Å². The van der Waals surface area contributed by atoms with E-state index < -0.39 is 11.4 Å². The van der Waals surface area contributed by atoms with E-state index in [-0.39, 0.29) is 0 Å². The Hall–Kier alpha value is -1.22. The van der Waals surface area contributed by atoms with E-state index in [1.807, 2.05) is 18.2 Å². The summed E-state index contributed by atoms with van der Waals surface area (Å²) in [6, 6.07) is 5.85. The molecule has 4 rings (SSSR count). The van der Waals surface area contributed by atoms with Crippen LogP contribution >= 0.6 is 0 Å². The van der Waals surface area contributed by atoms with E-state index >= 15 is 0 Å². The second kappa shape index (κ2) is 2.96. The lowest BCUT2D eigenvalue weighted by Gasteiger charge is -2.21. The Morgan fingerprint density at radius 2 is 1.65 bits per heavy atom. The van der Waals surface area contributed by atoms with Gasteiger partial charge in [0.2, 0.25) is 0 Å². The highest BCUT2D eigenvalue weighted by atomic mass is 16.7. The highest BCUT2D eigenvalue weighted by Gasteiger charge is 2.46. The van der Waals surface area contributed by atoms with Gasteiger partial charge in [-0.2, -0.15) is 0 Å². The lowest BCUT2D eigenvalue weighted by Crippen LogP contribution is -2.34. The van der Waals surface area contributed by atoms with Crippen LogP contribution in [0.2, 0.25) is 0 Å². The normalized spacial score (nSPS) is 26.4. The minimum absolute atomic E-state index is 0.396. The first-order valence-corrected chi connectivity index (χ1v) is 6.44. The van der Waals surface area contributed by atoms with Crippen LogP contribution in [0.1, 0.15) is 44.1 Å². The van der Waals surface area contributed by atoms with Crippen molar-refractivity contribution in [2.45, 2.75) is 49.9 Å². The molecule has 1 aliphatic heterocycles. The van der Waals surface area contributed by atoms with Gasteiger partial charge < -0.3 is 14.6 Å². The van der Waals surface area contributed by atoms with Gasteiger partial charge in [-0.05, 0) is 43.4 Å². The molecule has 0 amide bonds. The summed E-state index contributed by atoms with van der Waals surface area (Å²) < 4.78 is 11.9. The van der Waals surface area contributed by atoms with Crippen molar-refractivity contribution >= 4 is 0 Å². The standard InChI is InChI=1S/C14H16O3/c15-13(7-8-13)10-3-4-11-12(9-10)17-14(16-11)5-1-2-6-14/h3-4,9,15H,1-2,5-8H2. The minimum atomic E-state index is -0.593. The molecule has 0 unspecified atom stereocenters. The van der Waals surface area contributed by atoms with Gasteiger partial charge in [-0.25, -0.2) is 0 Å². The van der Waals surface area contributed by atoms with Crippen LogP contribution in [-0.2, 0) is 5.60 Å². The van der Waals surface area contributed by atoms with Crippen LogP contribution in [0.5, 0.6) is 11.5 Å². The van der Waals surface area contributed by atoms with Crippen LogP contribution in [0.4, 0.5) is 0 Å². The Balaban J connectivity index is 1.69. The van der Waals surface area contributed by atoms with E-state index in [1.54, 1.807) is 0 Å². The molecule has 2 fully saturated rings. The van der Waals surface area contributed by atoms with Crippen LogP contribution in [0.15, 0.2) is 18.2 Å². The molecule has 3 nitrogen and oxygen atoms in total. The quantitative estimate of drug-likeness (QED) is 0.809. The van der Waals surface area contributed by atoms with Gasteiger partial charge in [-0.15, -0.1) is 0 Å². The number of benzene rings is 1. The van der Waals surface area contributed by atoms with Gasteiger partial charge in [0, 0.05) is 12.8 Å². The molecule has 1 spiro atoms. The molecule has 2 saturated carbocycles. The van der Waals surface area contributed by atoms with E-state index in [0.717, 1.165) is 42.7 Å². The maximum absolute atomic E-state index is 10.1. The summed E-state index contributed by atoms with van der Waals surface area (Å²) in [4.78, 5) is 0. The van der Waals surface area contributed by atoms with Crippen molar-refractivity contribution in [3.05, 3.63) is 23.8 Å². The first-order chi connectivity index (χ1) is 8.19. The van der Waals surface area contributed by atoms with E-state index in [0.29, 0.717) is 0 Å². The number of aliphatic hydroxyl groups is 1. The number of ether oxygens (including phenoxy) is 2. The zero-order valence-electron chi connectivity index (χ0n) is 9.74. The summed E-state index contributed by atoms with van der Waals surface area (Å²) in [5, 5.41) is 10.1. The van der Waals surface area contributed by atoms with E-state index in [4.69, 9.17) is 9.47 Å². The van der Waals surface area contributed by atoms with Crippen molar-refractivity contribution in [3.63, 3.8) is 0 Å². The van der Waals surface area contributed by atoms with Crippen LogP contribution in [0.25, 0.3) is 0 Å². The topological polar surface area (TPSA) is 38.7 Å². The van der Waals surface area contributed by atoms with Gasteiger partial charge in [0.15, 0.2) is 11.5 Å². The summed E-state index contributed by atoms with van der Waals surface area (Å²) >= 11 is 0. The smallest absolute Gasteiger partial charge is 0.251 e. The summed E-state index contributed by atoms with van der Waals surface area (Å²) in [7, 11) is 0. The molecule has 0 bridgehead atoms. The summed E-state index contributed by atoms with van der Waals surface area (Å²) in [6.45, 7) is 0. The van der Waals surface area contributed by atoms with Gasteiger partial charge in [-0.3, -0.25) is 0 Å². The minimum Gasteiger partial charge on any atom is -0.448 e. The second-order valence-corrected chi connectivity index (χ2v) is 5.52. The summed E-state index contributed by atoms with van der Waals surface area (Å²) in [5.41, 5.74) is 0.374. The lowest BCUT2D eigenvalue weighted by molar-refractivity contribution is -0.0716. The monoisotopic (exact) mass is 232 g/mol. The fourth-order valence-corrected chi connectivity index (χ4v) is 2.91. The van der Waals surface area contributed by atoms with Crippen molar-refractivity contribution in [2.24, 2.45) is 0 Å². The number of fused-ring (bicyclic) bond motifs is 1. The fraction of sp³-hybridized carbons (Fsp3) is 0.571. The fourth-order valence-electron chi connectivity index (χ4n) is 2.91. The Bertz CT molecular complexity index is 470. The zero-order chi connectivity index (χ0) is 11.5. The number of hydrogen-bond acceptors (Lipinski definition) is 3. The third kappa shape index (κ3) is 1.38. The predicted octanol–water partition coefficient (Wildman–Crippen LogP) is 2.71. The molecule has 90 valence electrons. The lowest BCUT2D eigenvalue weighted by atomic mass is 10.1. The molecular weight excluding hydrogens is 216 g/mol. The van der Waals surface area contributed by atoms with Crippen molar-refractivity contribution in [3.8, 4) is 11.5 Å². The largest absolute Gasteiger partial charge is 0.448 e. The highest BCUT2D eigenvalue weighted by Crippen LogP contribution is 2.51. The molecule has 0 atom stereocenters. The SMILES string of the molecule is OC1(c2ccc3c(c2)OC2(CCCC2)O3)CC1. The van der Waals surface area contributed by atoms with E-state index in [9.17, 15) is 5.11 Å². The maximum Gasteiger partial charge on any atom is 0.251 e. The molecule has 17 heavy (non-hydrogen) atoms. The highest BCUT2D eigenvalue weighted by molar-refractivity contribution is 5.48. The number of hydrogen-bond donors (Lipinski definition) is 1. The molecule has 0 aromatic heterocycles. The predicted molar refractivity (Wildman–Crippen MR) is 62.0 cm³/mol. The molecule has 1 heterocycles. The van der Waals surface area contributed by atoms with Gasteiger partial charge in [0.25, 0.3) is 5.79 Å². The maximum atomic E-state index is 10.1. The molecule has 1 aromatic carbocycles. The van der Waals surface area contributed by atoms with Crippen molar-refractivity contribution in [1.29, 1.82) is 0 Å². The molecular formula is C14H16O3. The third-order valence-electron chi connectivity index (χ3n) is 4.16. The van der Waals surface area contributed by atoms with E-state index in [2.05, 4.69) is 0 Å². The number of rotatable bonds is 1. The Morgan fingerprint density at radius 3 is 2.35 bits per heavy atom. The van der Waals surface area contributed by atoms with Crippen LogP contribution in [-0.4, -0.2) is 10.9 Å². The van der Waals surface area contributed by atoms with E-state index in [1.165, 1.54) is 12.8 Å². The first kappa shape index (κ1) is 9.77. The van der Waals surface area contributed by atoms with Crippen molar-refractivity contribution in [1.82, 2.24) is 0 Å². The van der Waals surface area contributed by atoms with Gasteiger partial charge in [-0.1, -0.05) is 6.07 Å². The third-order valence-corrected chi connectivity index (χ3v) is 4.16. The van der Waals surface area contributed by atoms with Crippen LogP contribution < -0.4 is 9.47 Å². The molecule has 0 radical (unpaired) electrons. The molecule has 1 N–H and O–H groups in total.